The number of fused-ring (bicyclic) bond motifs is 2. The van der Waals surface area contributed by atoms with Gasteiger partial charge in [-0.25, -0.2) is 9.78 Å². The summed E-state index contributed by atoms with van der Waals surface area (Å²) in [6.45, 7) is 0. The topological polar surface area (TPSA) is 30.9 Å². The number of hydroxylamine groups is 2. The standard InChI is InChI=1S/C6H11NO3/c1-8-7-5-3-2-4-6(7)10-9-5/h5-6H,2-4H2,1H3/t5-,6+. The van der Waals surface area contributed by atoms with Crippen molar-refractivity contribution in [2.45, 2.75) is 31.7 Å². The number of rotatable bonds is 1. The van der Waals surface area contributed by atoms with Crippen molar-refractivity contribution >= 4 is 0 Å². The van der Waals surface area contributed by atoms with Gasteiger partial charge in [-0.05, 0) is 19.3 Å². The Labute approximate surface area is 59.5 Å². The Balaban J connectivity index is 2.06. The monoisotopic (exact) mass is 145 g/mol. The predicted octanol–water partition coefficient (Wildman–Crippen LogP) is 0.648. The second-order valence-corrected chi connectivity index (χ2v) is 2.58. The van der Waals surface area contributed by atoms with Crippen LogP contribution < -0.4 is 0 Å². The van der Waals surface area contributed by atoms with Gasteiger partial charge < -0.3 is 0 Å². The third-order valence-corrected chi connectivity index (χ3v) is 1.96. The maximum absolute atomic E-state index is 5.06. The lowest BCUT2D eigenvalue weighted by Gasteiger charge is -2.26. The van der Waals surface area contributed by atoms with Crippen LogP contribution in [0.4, 0.5) is 0 Å². The Morgan fingerprint density at radius 3 is 2.30 bits per heavy atom. The van der Waals surface area contributed by atoms with Crippen LogP contribution in [0.15, 0.2) is 0 Å². The summed E-state index contributed by atoms with van der Waals surface area (Å²) >= 11 is 0. The molecule has 2 aliphatic rings. The van der Waals surface area contributed by atoms with Crippen LogP contribution in [0, 0.1) is 0 Å². The van der Waals surface area contributed by atoms with Crippen molar-refractivity contribution in [2.75, 3.05) is 7.11 Å². The molecule has 10 heavy (non-hydrogen) atoms. The van der Waals surface area contributed by atoms with Crippen molar-refractivity contribution in [3.05, 3.63) is 0 Å². The predicted molar refractivity (Wildman–Crippen MR) is 32.4 cm³/mol. The molecular formula is C6H11NO3. The number of hydrogen-bond donors (Lipinski definition) is 0. The summed E-state index contributed by atoms with van der Waals surface area (Å²) in [6.07, 6.45) is 3.23. The van der Waals surface area contributed by atoms with E-state index in [9.17, 15) is 0 Å². The first-order chi connectivity index (χ1) is 4.92. The third-order valence-electron chi connectivity index (χ3n) is 1.96. The second-order valence-electron chi connectivity index (χ2n) is 2.58. The van der Waals surface area contributed by atoms with E-state index in [0.29, 0.717) is 0 Å². The van der Waals surface area contributed by atoms with Crippen molar-refractivity contribution in [3.8, 4) is 0 Å². The minimum absolute atomic E-state index is 0.0312. The summed E-state index contributed by atoms with van der Waals surface area (Å²) in [5.74, 6) is 0. The summed E-state index contributed by atoms with van der Waals surface area (Å²) in [5.41, 5.74) is 0. The Morgan fingerprint density at radius 2 is 1.90 bits per heavy atom. The van der Waals surface area contributed by atoms with Crippen molar-refractivity contribution in [1.29, 1.82) is 0 Å². The Morgan fingerprint density at radius 1 is 1.30 bits per heavy atom. The number of hydrogen-bond acceptors (Lipinski definition) is 4. The normalized spacial score (nSPS) is 40.5. The molecule has 0 spiro atoms. The molecule has 0 saturated carbocycles. The molecule has 0 amide bonds. The minimum atomic E-state index is 0.0312. The van der Waals surface area contributed by atoms with Gasteiger partial charge in [0, 0.05) is 0 Å². The van der Waals surface area contributed by atoms with E-state index in [2.05, 4.69) is 0 Å². The molecule has 0 aromatic rings. The molecule has 2 heterocycles. The molecule has 2 bridgehead atoms. The molecule has 0 unspecified atom stereocenters. The first-order valence-electron chi connectivity index (χ1n) is 3.56. The van der Waals surface area contributed by atoms with Gasteiger partial charge in [0.1, 0.15) is 0 Å². The van der Waals surface area contributed by atoms with Crippen molar-refractivity contribution < 1.29 is 14.6 Å². The van der Waals surface area contributed by atoms with Gasteiger partial charge in [-0.3, -0.25) is 4.84 Å². The fraction of sp³-hybridized carbons (Fsp3) is 1.00. The van der Waals surface area contributed by atoms with Gasteiger partial charge in [0.05, 0.1) is 7.11 Å². The first-order valence-corrected chi connectivity index (χ1v) is 3.56. The Kier molecular flexibility index (Phi) is 1.61. The average molecular weight is 145 g/mol. The molecule has 0 aromatic carbocycles. The summed E-state index contributed by atoms with van der Waals surface area (Å²) < 4.78 is 0. The van der Waals surface area contributed by atoms with E-state index < -0.39 is 0 Å². The lowest BCUT2D eigenvalue weighted by molar-refractivity contribution is -0.290. The maximum Gasteiger partial charge on any atom is 0.171 e. The molecule has 4 nitrogen and oxygen atoms in total. The van der Waals surface area contributed by atoms with Crippen molar-refractivity contribution in [3.63, 3.8) is 0 Å². The zero-order valence-corrected chi connectivity index (χ0v) is 5.95. The Bertz CT molecular complexity index is 114. The van der Waals surface area contributed by atoms with E-state index in [-0.39, 0.29) is 12.5 Å². The van der Waals surface area contributed by atoms with Crippen LogP contribution in [-0.4, -0.2) is 24.6 Å². The molecule has 2 aliphatic heterocycles. The van der Waals surface area contributed by atoms with Crippen LogP contribution in [0.25, 0.3) is 0 Å². The third kappa shape index (κ3) is 0.845. The van der Waals surface area contributed by atoms with Gasteiger partial charge in [-0.1, -0.05) is 0 Å². The minimum Gasteiger partial charge on any atom is -0.297 e. The highest BCUT2D eigenvalue weighted by Gasteiger charge is 2.40. The summed E-state index contributed by atoms with van der Waals surface area (Å²) in [6, 6.07) is 0. The SMILES string of the molecule is CON1[C@@H]2CCC[C@H]1OO2. The molecule has 0 aromatic heterocycles. The molecule has 0 N–H and O–H groups in total. The number of nitrogens with zero attached hydrogens (tertiary/aromatic N) is 1. The quantitative estimate of drug-likeness (QED) is 0.507. The fourth-order valence-electron chi connectivity index (χ4n) is 1.45. The molecule has 4 heteroatoms. The van der Waals surface area contributed by atoms with Gasteiger partial charge in [0.15, 0.2) is 12.5 Å². The van der Waals surface area contributed by atoms with Gasteiger partial charge in [-0.2, -0.15) is 0 Å². The van der Waals surface area contributed by atoms with Crippen molar-refractivity contribution in [2.24, 2.45) is 0 Å². The highest BCUT2D eigenvalue weighted by molar-refractivity contribution is 4.70. The van der Waals surface area contributed by atoms with Crippen LogP contribution in [-0.2, 0) is 14.6 Å². The molecule has 2 rings (SSSR count). The van der Waals surface area contributed by atoms with Gasteiger partial charge in [-0.15, -0.1) is 5.06 Å². The zero-order chi connectivity index (χ0) is 6.97. The smallest absolute Gasteiger partial charge is 0.171 e. The van der Waals surface area contributed by atoms with E-state index in [1.54, 1.807) is 12.2 Å². The largest absolute Gasteiger partial charge is 0.297 e. The summed E-state index contributed by atoms with van der Waals surface area (Å²) in [4.78, 5) is 15.0. The molecular weight excluding hydrogens is 134 g/mol. The van der Waals surface area contributed by atoms with E-state index in [4.69, 9.17) is 14.6 Å². The van der Waals surface area contributed by atoms with Crippen LogP contribution in [0.3, 0.4) is 0 Å². The van der Waals surface area contributed by atoms with Crippen LogP contribution in [0.1, 0.15) is 19.3 Å². The lowest BCUT2D eigenvalue weighted by Crippen LogP contribution is -2.39. The lowest BCUT2D eigenvalue weighted by atomic mass is 10.1. The molecule has 58 valence electrons. The highest BCUT2D eigenvalue weighted by Crippen LogP contribution is 2.30. The van der Waals surface area contributed by atoms with E-state index in [1.807, 2.05) is 0 Å². The molecule has 0 aliphatic carbocycles. The van der Waals surface area contributed by atoms with E-state index >= 15 is 0 Å². The first kappa shape index (κ1) is 6.54. The summed E-state index contributed by atoms with van der Waals surface area (Å²) in [5, 5.41) is 1.77. The molecule has 0 radical (unpaired) electrons. The summed E-state index contributed by atoms with van der Waals surface area (Å²) in [7, 11) is 1.64. The van der Waals surface area contributed by atoms with Gasteiger partial charge >= 0.3 is 0 Å². The number of piperidine rings is 1. The average Bonchev–Trinajstić information content (AvgIpc) is 2.19. The Hall–Kier alpha value is -0.160. The fourth-order valence-corrected chi connectivity index (χ4v) is 1.45. The zero-order valence-electron chi connectivity index (χ0n) is 5.95. The van der Waals surface area contributed by atoms with Gasteiger partial charge in [0.25, 0.3) is 0 Å². The second kappa shape index (κ2) is 2.47. The molecule has 2 saturated heterocycles. The highest BCUT2D eigenvalue weighted by atomic mass is 17.2. The van der Waals surface area contributed by atoms with Crippen molar-refractivity contribution in [1.82, 2.24) is 5.06 Å². The van der Waals surface area contributed by atoms with Crippen LogP contribution in [0.5, 0.6) is 0 Å². The van der Waals surface area contributed by atoms with E-state index in [1.165, 1.54) is 0 Å². The molecule has 2 atom stereocenters. The van der Waals surface area contributed by atoms with Gasteiger partial charge in [0.2, 0.25) is 0 Å². The van der Waals surface area contributed by atoms with Crippen LogP contribution in [0.2, 0.25) is 0 Å². The molecule has 2 fully saturated rings. The maximum atomic E-state index is 5.06. The van der Waals surface area contributed by atoms with Crippen LogP contribution >= 0.6 is 0 Å². The van der Waals surface area contributed by atoms with E-state index in [0.717, 1.165) is 19.3 Å².